The molecule has 2 nitrogen and oxygen atoms in total. The number of hydrogen-bond acceptors (Lipinski definition) is 2. The van der Waals surface area contributed by atoms with Gasteiger partial charge in [-0.3, -0.25) is 0 Å². The molecule has 19 heavy (non-hydrogen) atoms. The van der Waals surface area contributed by atoms with Crippen LogP contribution in [-0.4, -0.2) is 26.3 Å². The van der Waals surface area contributed by atoms with Gasteiger partial charge in [0.15, 0.2) is 0 Å². The third kappa shape index (κ3) is 4.64. The molecule has 1 atom stereocenters. The molecule has 1 N–H and O–H groups in total. The van der Waals surface area contributed by atoms with Gasteiger partial charge >= 0.3 is 0 Å². The fourth-order valence-electron chi connectivity index (χ4n) is 2.64. The Morgan fingerprint density at radius 2 is 2.00 bits per heavy atom. The van der Waals surface area contributed by atoms with Gasteiger partial charge < -0.3 is 10.1 Å². The van der Waals surface area contributed by atoms with E-state index < -0.39 is 0 Å². The predicted octanol–water partition coefficient (Wildman–Crippen LogP) is 3.94. The van der Waals surface area contributed by atoms with E-state index in [9.17, 15) is 0 Å². The van der Waals surface area contributed by atoms with Crippen LogP contribution in [0.15, 0.2) is 18.2 Å². The molecule has 4 heteroatoms. The van der Waals surface area contributed by atoms with Crippen LogP contribution >= 0.6 is 23.2 Å². The molecule has 106 valence electrons. The quantitative estimate of drug-likeness (QED) is 0.889. The van der Waals surface area contributed by atoms with Gasteiger partial charge in [-0.1, -0.05) is 29.3 Å². The first-order valence-corrected chi connectivity index (χ1v) is 7.63. The summed E-state index contributed by atoms with van der Waals surface area (Å²) in [5, 5.41) is 4.68. The Bertz CT molecular complexity index is 405. The SMILES string of the molecule is CNC(Cc1ccc(Cl)c(Cl)c1)CC1CCOCC1. The summed E-state index contributed by atoms with van der Waals surface area (Å²) in [6, 6.07) is 6.39. The number of likely N-dealkylation sites (N-methyl/N-ethyl adjacent to an activating group) is 1. The largest absolute Gasteiger partial charge is 0.381 e. The molecule has 0 aliphatic carbocycles. The molecule has 1 unspecified atom stereocenters. The highest BCUT2D eigenvalue weighted by Gasteiger charge is 2.18. The first-order chi connectivity index (χ1) is 9.19. The Morgan fingerprint density at radius 3 is 2.63 bits per heavy atom. The van der Waals surface area contributed by atoms with Crippen molar-refractivity contribution in [3.63, 3.8) is 0 Å². The number of rotatable bonds is 5. The average molecular weight is 302 g/mol. The van der Waals surface area contributed by atoms with Gasteiger partial charge in [-0.25, -0.2) is 0 Å². The van der Waals surface area contributed by atoms with E-state index in [0.717, 1.165) is 25.6 Å². The smallest absolute Gasteiger partial charge is 0.0595 e. The van der Waals surface area contributed by atoms with E-state index in [4.69, 9.17) is 27.9 Å². The standard InChI is InChI=1S/C15H21Cl2NO/c1-18-13(8-11-4-6-19-7-5-11)9-12-2-3-14(16)15(17)10-12/h2-3,10-11,13,18H,4-9H2,1H3. The van der Waals surface area contributed by atoms with Gasteiger partial charge in [0.25, 0.3) is 0 Å². The zero-order valence-corrected chi connectivity index (χ0v) is 12.8. The molecule has 0 saturated carbocycles. The number of halogens is 2. The first-order valence-electron chi connectivity index (χ1n) is 6.88. The minimum Gasteiger partial charge on any atom is -0.381 e. The monoisotopic (exact) mass is 301 g/mol. The maximum atomic E-state index is 6.06. The van der Waals surface area contributed by atoms with Crippen LogP contribution in [0.25, 0.3) is 0 Å². The summed E-state index contributed by atoms with van der Waals surface area (Å²) < 4.78 is 5.41. The van der Waals surface area contributed by atoms with Crippen molar-refractivity contribution in [2.24, 2.45) is 5.92 Å². The number of benzene rings is 1. The van der Waals surface area contributed by atoms with Crippen LogP contribution in [0.5, 0.6) is 0 Å². The molecule has 1 heterocycles. The molecule has 1 aromatic carbocycles. The summed E-state index contributed by atoms with van der Waals surface area (Å²) >= 11 is 12.0. The third-order valence-electron chi connectivity index (χ3n) is 3.83. The van der Waals surface area contributed by atoms with Crippen molar-refractivity contribution in [3.05, 3.63) is 33.8 Å². The second-order valence-electron chi connectivity index (χ2n) is 5.23. The minimum absolute atomic E-state index is 0.486. The Morgan fingerprint density at radius 1 is 1.26 bits per heavy atom. The van der Waals surface area contributed by atoms with Gasteiger partial charge in [0, 0.05) is 19.3 Å². The fourth-order valence-corrected chi connectivity index (χ4v) is 2.96. The van der Waals surface area contributed by atoms with E-state index in [1.165, 1.54) is 24.8 Å². The Balaban J connectivity index is 1.92. The van der Waals surface area contributed by atoms with E-state index in [0.29, 0.717) is 16.1 Å². The molecular weight excluding hydrogens is 281 g/mol. The average Bonchev–Trinajstić information content (AvgIpc) is 2.43. The van der Waals surface area contributed by atoms with Gasteiger partial charge in [0.1, 0.15) is 0 Å². The molecule has 0 amide bonds. The van der Waals surface area contributed by atoms with Crippen molar-refractivity contribution in [2.75, 3.05) is 20.3 Å². The van der Waals surface area contributed by atoms with Gasteiger partial charge in [-0.15, -0.1) is 0 Å². The molecule has 0 bridgehead atoms. The number of hydrogen-bond donors (Lipinski definition) is 1. The van der Waals surface area contributed by atoms with Crippen molar-refractivity contribution in [1.82, 2.24) is 5.32 Å². The molecule has 1 fully saturated rings. The number of nitrogens with one attached hydrogen (secondary N) is 1. The van der Waals surface area contributed by atoms with Crippen LogP contribution in [0.1, 0.15) is 24.8 Å². The highest BCUT2D eigenvalue weighted by molar-refractivity contribution is 6.42. The van der Waals surface area contributed by atoms with Gasteiger partial charge in [-0.05, 0) is 56.3 Å². The maximum Gasteiger partial charge on any atom is 0.0595 e. The highest BCUT2D eigenvalue weighted by atomic mass is 35.5. The lowest BCUT2D eigenvalue weighted by Gasteiger charge is -2.26. The van der Waals surface area contributed by atoms with Crippen molar-refractivity contribution in [2.45, 2.75) is 31.7 Å². The normalized spacial score (nSPS) is 18.5. The molecule has 1 aliphatic rings. The zero-order chi connectivity index (χ0) is 13.7. The third-order valence-corrected chi connectivity index (χ3v) is 4.57. The second kappa shape index (κ2) is 7.49. The molecule has 1 aromatic rings. The predicted molar refractivity (Wildman–Crippen MR) is 81.2 cm³/mol. The van der Waals surface area contributed by atoms with Gasteiger partial charge in [-0.2, -0.15) is 0 Å². The molecule has 1 saturated heterocycles. The van der Waals surface area contributed by atoms with E-state index in [2.05, 4.69) is 11.4 Å². The van der Waals surface area contributed by atoms with E-state index in [-0.39, 0.29) is 0 Å². The number of ether oxygens (including phenoxy) is 1. The second-order valence-corrected chi connectivity index (χ2v) is 6.04. The lowest BCUT2D eigenvalue weighted by molar-refractivity contribution is 0.0608. The van der Waals surface area contributed by atoms with Crippen LogP contribution < -0.4 is 5.32 Å². The van der Waals surface area contributed by atoms with Gasteiger partial charge in [0.05, 0.1) is 10.0 Å². The summed E-state index contributed by atoms with van der Waals surface area (Å²) in [6.07, 6.45) is 4.55. The minimum atomic E-state index is 0.486. The topological polar surface area (TPSA) is 21.3 Å². The Hall–Kier alpha value is -0.280. The summed E-state index contributed by atoms with van der Waals surface area (Å²) in [4.78, 5) is 0. The maximum absolute atomic E-state index is 6.06. The Kier molecular flexibility index (Phi) is 5.96. The summed E-state index contributed by atoms with van der Waals surface area (Å²) in [5.41, 5.74) is 1.24. The molecule has 0 spiro atoms. The van der Waals surface area contributed by atoms with Crippen LogP contribution in [-0.2, 0) is 11.2 Å². The summed E-state index contributed by atoms with van der Waals surface area (Å²) in [6.45, 7) is 1.82. The van der Waals surface area contributed by atoms with Crippen LogP contribution in [0.2, 0.25) is 10.0 Å². The summed E-state index contributed by atoms with van der Waals surface area (Å²) in [5.74, 6) is 0.772. The van der Waals surface area contributed by atoms with Crippen LogP contribution in [0.3, 0.4) is 0 Å². The molecule has 0 radical (unpaired) electrons. The molecule has 1 aliphatic heterocycles. The highest BCUT2D eigenvalue weighted by Crippen LogP contribution is 2.25. The zero-order valence-electron chi connectivity index (χ0n) is 11.3. The fraction of sp³-hybridized carbons (Fsp3) is 0.600. The molecule has 2 rings (SSSR count). The van der Waals surface area contributed by atoms with Crippen LogP contribution in [0.4, 0.5) is 0 Å². The lowest BCUT2D eigenvalue weighted by atomic mass is 9.90. The molecule has 0 aromatic heterocycles. The molecular formula is C15H21Cl2NO. The first kappa shape index (κ1) is 15.1. The van der Waals surface area contributed by atoms with E-state index in [1.807, 2.05) is 19.2 Å². The van der Waals surface area contributed by atoms with E-state index in [1.54, 1.807) is 0 Å². The van der Waals surface area contributed by atoms with Crippen molar-refractivity contribution >= 4 is 23.2 Å². The van der Waals surface area contributed by atoms with E-state index >= 15 is 0 Å². The van der Waals surface area contributed by atoms with Gasteiger partial charge in [0.2, 0.25) is 0 Å². The Labute approximate surface area is 125 Å². The lowest BCUT2D eigenvalue weighted by Crippen LogP contribution is -2.32. The summed E-state index contributed by atoms with van der Waals surface area (Å²) in [7, 11) is 2.03. The van der Waals surface area contributed by atoms with Crippen LogP contribution in [0, 0.1) is 5.92 Å². The van der Waals surface area contributed by atoms with Crippen molar-refractivity contribution in [1.29, 1.82) is 0 Å². The van der Waals surface area contributed by atoms with Crippen molar-refractivity contribution in [3.8, 4) is 0 Å². The van der Waals surface area contributed by atoms with Crippen molar-refractivity contribution < 1.29 is 4.74 Å².